The number of hydrogen-bond acceptors (Lipinski definition) is 6. The first-order chi connectivity index (χ1) is 22.3. The molecule has 0 fully saturated rings. The number of fused-ring (bicyclic) bond motifs is 1. The molecular weight excluding hydrogens is 645 g/mol. The zero-order chi connectivity index (χ0) is 37.3. The van der Waals surface area contributed by atoms with E-state index in [1.807, 2.05) is 46.9 Å². The fraction of sp³-hybridized carbons (Fsp3) is 0.725. The number of ether oxygens (including phenoxy) is 1. The molecule has 0 bridgehead atoms. The average Bonchev–Trinajstić information content (AvgIpc) is 3.26. The van der Waals surface area contributed by atoms with Crippen molar-refractivity contribution in [2.75, 3.05) is 0 Å². The number of allylic oxidation sites excluding steroid dienone is 1. The molecule has 2 heterocycles. The summed E-state index contributed by atoms with van der Waals surface area (Å²) in [4.78, 5) is 33.6. The highest BCUT2D eigenvalue weighted by Crippen LogP contribution is 2.44. The van der Waals surface area contributed by atoms with Crippen LogP contribution < -0.4 is 0 Å². The summed E-state index contributed by atoms with van der Waals surface area (Å²) in [5, 5.41) is -0.0971. The quantitative estimate of drug-likeness (QED) is 0.174. The van der Waals surface area contributed by atoms with Gasteiger partial charge in [0.1, 0.15) is 17.7 Å². The molecule has 0 N–H and O–H groups in total. The number of ketones is 1. The molecule has 1 aliphatic heterocycles. The third-order valence-electron chi connectivity index (χ3n) is 12.1. The minimum Gasteiger partial charge on any atom is -0.457 e. The minimum absolute atomic E-state index is 0.00750. The van der Waals surface area contributed by atoms with Gasteiger partial charge in [-0.05, 0) is 86.1 Å². The van der Waals surface area contributed by atoms with E-state index in [2.05, 4.69) is 97.4 Å². The first kappa shape index (κ1) is 41.3. The number of carbonyl (C=O) groups excluding carboxylic acids is 2. The predicted molar refractivity (Wildman–Crippen MR) is 208 cm³/mol. The summed E-state index contributed by atoms with van der Waals surface area (Å²) in [6.07, 6.45) is 6.40. The Balaban J connectivity index is 2.09. The molecule has 0 aliphatic carbocycles. The van der Waals surface area contributed by atoms with Crippen LogP contribution in [0.15, 0.2) is 30.4 Å². The maximum absolute atomic E-state index is 14.8. The fourth-order valence-electron chi connectivity index (χ4n) is 6.31. The van der Waals surface area contributed by atoms with E-state index in [0.717, 1.165) is 41.7 Å². The molecule has 0 spiro atoms. The van der Waals surface area contributed by atoms with E-state index in [1.165, 1.54) is 0 Å². The van der Waals surface area contributed by atoms with Crippen molar-refractivity contribution in [1.29, 1.82) is 0 Å². The molecule has 1 aliphatic rings. The predicted octanol–water partition coefficient (Wildman–Crippen LogP) is 10.6. The third kappa shape index (κ3) is 9.63. The Morgan fingerprint density at radius 1 is 0.939 bits per heavy atom. The number of hydrogen-bond donors (Lipinski definition) is 0. The van der Waals surface area contributed by atoms with E-state index < -0.39 is 34.3 Å². The van der Waals surface area contributed by atoms with Gasteiger partial charge in [-0.2, -0.15) is 0 Å². The Hall–Kier alpha value is -2.08. The third-order valence-corrected chi connectivity index (χ3v) is 21.0. The molecule has 1 aromatic carbocycles. The SMILES string of the molecule is Cc1nc2cc([C@@H]3CC=CCCC[C@H](C)[C@H](O[Si](C)(C)C(C)(C)C)[C@@H](C)C(=O)C(C)(C)[C@@H](O[Si](C)(C)C(C)(C)C)CC(=O)O3)ccc2n1C. The van der Waals surface area contributed by atoms with E-state index >= 15 is 0 Å². The van der Waals surface area contributed by atoms with Crippen molar-refractivity contribution < 1.29 is 23.2 Å². The highest BCUT2D eigenvalue weighted by molar-refractivity contribution is 6.74. The van der Waals surface area contributed by atoms with Crippen LogP contribution in [0.1, 0.15) is 119 Å². The fourth-order valence-corrected chi connectivity index (χ4v) is 9.22. The van der Waals surface area contributed by atoms with Crippen molar-refractivity contribution in [3.63, 3.8) is 0 Å². The second-order valence-corrected chi connectivity index (χ2v) is 27.9. The second-order valence-electron chi connectivity index (χ2n) is 18.3. The number of cyclic esters (lactones) is 1. The summed E-state index contributed by atoms with van der Waals surface area (Å²) in [5.74, 6) is 0.475. The molecule has 276 valence electrons. The molecule has 0 amide bonds. The van der Waals surface area contributed by atoms with E-state index in [1.54, 1.807) is 0 Å². The standard InChI is InChI=1S/C40H68N2O5Si2/c1-27-21-19-17-18-20-22-33(30-23-24-32-31(25-30)41-29(3)42(32)12)45-35(43)26-34(46-48(13,14)38(4,5)6)40(10,11)37(44)28(2)36(27)47-49(15,16)39(7,8)9/h18,20,23-25,27-28,33-34,36H,17,19,21-22,26H2,1-16H3/t27-,28+,33-,34-,36-/m0/s1. The van der Waals surface area contributed by atoms with Gasteiger partial charge in [-0.15, -0.1) is 0 Å². The first-order valence-electron chi connectivity index (χ1n) is 18.5. The molecule has 0 saturated heterocycles. The lowest BCUT2D eigenvalue weighted by Crippen LogP contribution is -2.54. The van der Waals surface area contributed by atoms with Gasteiger partial charge < -0.3 is 18.2 Å². The Kier molecular flexibility index (Phi) is 12.9. The van der Waals surface area contributed by atoms with Crippen molar-refractivity contribution >= 4 is 39.4 Å². The highest BCUT2D eigenvalue weighted by atomic mass is 28.4. The summed E-state index contributed by atoms with van der Waals surface area (Å²) in [7, 11) is -2.59. The van der Waals surface area contributed by atoms with E-state index in [4.69, 9.17) is 18.6 Å². The monoisotopic (exact) mass is 712 g/mol. The van der Waals surface area contributed by atoms with Crippen molar-refractivity contribution in [2.24, 2.45) is 24.3 Å². The zero-order valence-electron chi connectivity index (χ0n) is 33.7. The topological polar surface area (TPSA) is 79.7 Å². The lowest BCUT2D eigenvalue weighted by Gasteiger charge is -2.46. The molecule has 2 aromatic rings. The summed E-state index contributed by atoms with van der Waals surface area (Å²) in [6.45, 7) is 32.4. The van der Waals surface area contributed by atoms with Crippen LogP contribution in [0.25, 0.3) is 11.0 Å². The summed E-state index contributed by atoms with van der Waals surface area (Å²) in [5.41, 5.74) is 1.88. The van der Waals surface area contributed by atoms with Gasteiger partial charge in [0.05, 0.1) is 29.7 Å². The molecule has 7 nitrogen and oxygen atoms in total. The van der Waals surface area contributed by atoms with Gasteiger partial charge in [-0.3, -0.25) is 9.59 Å². The summed E-state index contributed by atoms with van der Waals surface area (Å²) >= 11 is 0. The number of nitrogens with zero attached hydrogens (tertiary/aromatic N) is 2. The minimum atomic E-state index is -2.40. The van der Waals surface area contributed by atoms with E-state index in [0.29, 0.717) is 6.42 Å². The van der Waals surface area contributed by atoms with Crippen LogP contribution in [0.2, 0.25) is 36.3 Å². The number of aromatic nitrogens is 2. The smallest absolute Gasteiger partial charge is 0.309 e. The van der Waals surface area contributed by atoms with Crippen molar-refractivity contribution in [1.82, 2.24) is 9.55 Å². The van der Waals surface area contributed by atoms with E-state index in [-0.39, 0.29) is 46.2 Å². The van der Waals surface area contributed by atoms with Gasteiger partial charge in [-0.1, -0.05) is 87.5 Å². The van der Waals surface area contributed by atoms with Gasteiger partial charge in [0.25, 0.3) is 0 Å². The van der Waals surface area contributed by atoms with Crippen LogP contribution >= 0.6 is 0 Å². The molecule has 0 saturated carbocycles. The van der Waals surface area contributed by atoms with Gasteiger partial charge in [-0.25, -0.2) is 4.98 Å². The van der Waals surface area contributed by atoms with E-state index in [9.17, 15) is 9.59 Å². The Morgan fingerprint density at radius 3 is 2.12 bits per heavy atom. The normalized spacial score (nSPS) is 25.8. The summed E-state index contributed by atoms with van der Waals surface area (Å²) < 4.78 is 22.6. The number of imidazole rings is 1. The van der Waals surface area contributed by atoms with Crippen LogP contribution in [0, 0.1) is 24.2 Å². The Morgan fingerprint density at radius 2 is 1.53 bits per heavy atom. The number of carbonyl (C=O) groups is 2. The lowest BCUT2D eigenvalue weighted by molar-refractivity contribution is -0.155. The first-order valence-corrected chi connectivity index (χ1v) is 24.3. The Bertz CT molecular complexity index is 1490. The van der Waals surface area contributed by atoms with Gasteiger partial charge >= 0.3 is 5.97 Å². The van der Waals surface area contributed by atoms with Crippen LogP contribution in [-0.4, -0.2) is 50.1 Å². The number of rotatable bonds is 5. The molecule has 0 radical (unpaired) electrons. The van der Waals surface area contributed by atoms with Gasteiger partial charge in [0.15, 0.2) is 16.6 Å². The zero-order valence-corrected chi connectivity index (χ0v) is 35.7. The number of aryl methyl sites for hydroxylation is 2. The maximum atomic E-state index is 14.8. The van der Waals surface area contributed by atoms with Gasteiger partial charge in [0.2, 0.25) is 0 Å². The number of Topliss-reactive ketones (excluding diaryl/α,β-unsaturated/α-hetero) is 1. The number of esters is 1. The van der Waals surface area contributed by atoms with Crippen molar-refractivity contribution in [2.45, 2.75) is 163 Å². The molecule has 1 aromatic heterocycles. The molecule has 9 heteroatoms. The lowest BCUT2D eigenvalue weighted by atomic mass is 9.73. The molecular formula is C40H68N2O5Si2. The summed E-state index contributed by atoms with van der Waals surface area (Å²) in [6, 6.07) is 6.13. The average molecular weight is 713 g/mol. The van der Waals surface area contributed by atoms with Gasteiger partial charge in [0, 0.05) is 24.8 Å². The largest absolute Gasteiger partial charge is 0.457 e. The molecule has 49 heavy (non-hydrogen) atoms. The van der Waals surface area contributed by atoms with Crippen LogP contribution in [0.3, 0.4) is 0 Å². The second kappa shape index (κ2) is 15.3. The Labute approximate surface area is 300 Å². The van der Waals surface area contributed by atoms with Crippen molar-refractivity contribution in [3.8, 4) is 0 Å². The molecule has 3 rings (SSSR count). The molecule has 0 unspecified atom stereocenters. The van der Waals surface area contributed by atoms with Crippen LogP contribution in [0.5, 0.6) is 0 Å². The van der Waals surface area contributed by atoms with Crippen LogP contribution in [-0.2, 0) is 30.2 Å². The van der Waals surface area contributed by atoms with Crippen molar-refractivity contribution in [3.05, 3.63) is 41.7 Å². The number of benzene rings is 1. The highest BCUT2D eigenvalue weighted by Gasteiger charge is 2.50. The van der Waals surface area contributed by atoms with Crippen LogP contribution in [0.4, 0.5) is 0 Å². The molecule has 5 atom stereocenters. The maximum Gasteiger partial charge on any atom is 0.309 e.